The smallest absolute Gasteiger partial charge is 0.319 e. The number of carboxylic acids is 1. The number of aliphatic carboxylic acids is 1. The summed E-state index contributed by atoms with van der Waals surface area (Å²) in [5.74, 6) is -1.47. The molecule has 1 heterocycles. The Morgan fingerprint density at radius 2 is 1.62 bits per heavy atom. The maximum absolute atomic E-state index is 12.5. The lowest BCUT2D eigenvalue weighted by Crippen LogP contribution is -2.49. The van der Waals surface area contributed by atoms with Crippen LogP contribution in [0.2, 0.25) is 0 Å². The van der Waals surface area contributed by atoms with E-state index < -0.39 is 11.9 Å². The predicted octanol–water partition coefficient (Wildman–Crippen LogP) is 1.53. The van der Waals surface area contributed by atoms with Crippen molar-refractivity contribution in [2.45, 2.75) is 51.0 Å². The average Bonchev–Trinajstić information content (AvgIpc) is 2.79. The van der Waals surface area contributed by atoms with E-state index in [0.29, 0.717) is 32.4 Å². The lowest BCUT2D eigenvalue weighted by Gasteiger charge is -2.34. The van der Waals surface area contributed by atoms with Gasteiger partial charge in [-0.15, -0.1) is 0 Å². The second-order valence-electron chi connectivity index (χ2n) is 7.14. The van der Waals surface area contributed by atoms with Gasteiger partial charge in [0, 0.05) is 39.1 Å². The number of carboxylic acid groups (broad SMARTS) is 1. The number of nitrogens with zero attached hydrogens (tertiary/aromatic N) is 2. The number of likely N-dealkylation sites (tertiary alicyclic amines) is 1. The van der Waals surface area contributed by atoms with Crippen molar-refractivity contribution in [3.8, 4) is 0 Å². The van der Waals surface area contributed by atoms with E-state index in [0.717, 1.165) is 25.7 Å². The van der Waals surface area contributed by atoms with Crippen LogP contribution in [0.4, 0.5) is 4.79 Å². The quantitative estimate of drug-likeness (QED) is 0.763. The van der Waals surface area contributed by atoms with Crippen LogP contribution in [0.15, 0.2) is 0 Å². The Labute approximate surface area is 143 Å². The average molecular weight is 339 g/mol. The minimum Gasteiger partial charge on any atom is -0.481 e. The van der Waals surface area contributed by atoms with Gasteiger partial charge in [-0.25, -0.2) is 4.79 Å². The van der Waals surface area contributed by atoms with Crippen LogP contribution in [0.3, 0.4) is 0 Å². The molecule has 0 aromatic carbocycles. The van der Waals surface area contributed by atoms with Crippen LogP contribution in [-0.4, -0.2) is 66.0 Å². The molecule has 24 heavy (non-hydrogen) atoms. The molecule has 2 N–H and O–H groups in total. The number of hydrogen-bond acceptors (Lipinski definition) is 3. The van der Waals surface area contributed by atoms with E-state index in [4.69, 9.17) is 0 Å². The summed E-state index contributed by atoms with van der Waals surface area (Å²) in [6.45, 7) is 1.14. The molecule has 2 aliphatic rings. The summed E-state index contributed by atoms with van der Waals surface area (Å²) in [5, 5.41) is 12.4. The molecule has 7 heteroatoms. The summed E-state index contributed by atoms with van der Waals surface area (Å²) in [4.78, 5) is 39.2. The summed E-state index contributed by atoms with van der Waals surface area (Å²) in [7, 11) is 3.44. The Hall–Kier alpha value is -1.79. The molecule has 0 bridgehead atoms. The molecule has 2 fully saturated rings. The molecule has 2 rings (SSSR count). The second-order valence-corrected chi connectivity index (χ2v) is 7.14. The molecule has 136 valence electrons. The first-order chi connectivity index (χ1) is 11.4. The van der Waals surface area contributed by atoms with Crippen LogP contribution < -0.4 is 5.32 Å². The fraction of sp³-hybridized carbons (Fsp3) is 0.824. The minimum atomic E-state index is -0.811. The van der Waals surface area contributed by atoms with Gasteiger partial charge in [-0.05, 0) is 25.7 Å². The van der Waals surface area contributed by atoms with E-state index in [9.17, 15) is 19.5 Å². The predicted molar refractivity (Wildman–Crippen MR) is 89.5 cm³/mol. The van der Waals surface area contributed by atoms with E-state index >= 15 is 0 Å². The van der Waals surface area contributed by atoms with Crippen LogP contribution in [0.25, 0.3) is 0 Å². The molecule has 0 aromatic heterocycles. The Bertz CT molecular complexity index is 472. The van der Waals surface area contributed by atoms with Crippen molar-refractivity contribution in [1.82, 2.24) is 15.1 Å². The highest BCUT2D eigenvalue weighted by Crippen LogP contribution is 2.25. The van der Waals surface area contributed by atoms with Crippen LogP contribution >= 0.6 is 0 Å². The highest BCUT2D eigenvalue weighted by molar-refractivity contribution is 5.81. The van der Waals surface area contributed by atoms with Gasteiger partial charge in [-0.1, -0.05) is 19.3 Å². The maximum atomic E-state index is 12.5. The molecule has 2 atom stereocenters. The molecular formula is C17H29N3O4. The number of nitrogens with one attached hydrogen (secondary N) is 1. The van der Waals surface area contributed by atoms with Crippen molar-refractivity contribution in [2.75, 3.05) is 27.2 Å². The number of rotatable bonds is 3. The van der Waals surface area contributed by atoms with Crippen molar-refractivity contribution in [3.05, 3.63) is 0 Å². The maximum Gasteiger partial charge on any atom is 0.319 e. The van der Waals surface area contributed by atoms with E-state index in [1.165, 1.54) is 0 Å². The third-order valence-electron chi connectivity index (χ3n) is 5.18. The largest absolute Gasteiger partial charge is 0.481 e. The van der Waals surface area contributed by atoms with Gasteiger partial charge in [-0.2, -0.15) is 0 Å². The molecular weight excluding hydrogens is 310 g/mol. The third-order valence-corrected chi connectivity index (χ3v) is 5.18. The van der Waals surface area contributed by atoms with Gasteiger partial charge in [0.1, 0.15) is 0 Å². The van der Waals surface area contributed by atoms with Crippen molar-refractivity contribution < 1.29 is 19.5 Å². The van der Waals surface area contributed by atoms with Gasteiger partial charge in [-0.3, -0.25) is 9.59 Å². The molecule has 1 saturated heterocycles. The normalized spacial score (nSPS) is 25.7. The summed E-state index contributed by atoms with van der Waals surface area (Å²) >= 11 is 0. The molecule has 7 nitrogen and oxygen atoms in total. The summed E-state index contributed by atoms with van der Waals surface area (Å²) in [6, 6.07) is -0.289. The van der Waals surface area contributed by atoms with Crippen LogP contribution in [-0.2, 0) is 9.59 Å². The minimum absolute atomic E-state index is 0.0245. The fourth-order valence-corrected chi connectivity index (χ4v) is 3.69. The molecule has 3 amide bonds. The SMILES string of the molecule is CN(C)C(=O)N1CCC(C(=O)N[C@H]2CCCCC[C@H]2C(=O)O)CC1. The molecule has 1 aliphatic heterocycles. The Kier molecular flexibility index (Phi) is 6.45. The zero-order chi connectivity index (χ0) is 17.7. The molecule has 1 aliphatic carbocycles. The first kappa shape index (κ1) is 18.5. The van der Waals surface area contributed by atoms with E-state index in [2.05, 4.69) is 5.32 Å². The number of hydrogen-bond donors (Lipinski definition) is 2. The topological polar surface area (TPSA) is 90.0 Å². The van der Waals surface area contributed by atoms with Crippen LogP contribution in [0.5, 0.6) is 0 Å². The van der Waals surface area contributed by atoms with Crippen molar-refractivity contribution in [3.63, 3.8) is 0 Å². The Morgan fingerprint density at radius 1 is 1.00 bits per heavy atom. The Morgan fingerprint density at radius 3 is 2.21 bits per heavy atom. The second kappa shape index (κ2) is 8.35. The number of piperidine rings is 1. The molecule has 0 aromatic rings. The fourth-order valence-electron chi connectivity index (χ4n) is 3.69. The monoisotopic (exact) mass is 339 g/mol. The molecule has 0 spiro atoms. The van der Waals surface area contributed by atoms with Gasteiger partial charge in [0.2, 0.25) is 5.91 Å². The highest BCUT2D eigenvalue weighted by atomic mass is 16.4. The molecule has 0 unspecified atom stereocenters. The first-order valence-corrected chi connectivity index (χ1v) is 8.89. The van der Waals surface area contributed by atoms with E-state index in [-0.39, 0.29) is 23.9 Å². The number of amides is 3. The standard InChI is InChI=1S/C17H29N3O4/c1-19(2)17(24)20-10-8-12(9-11-20)15(21)18-14-7-5-3-4-6-13(14)16(22)23/h12-14H,3-11H2,1-2H3,(H,18,21)(H,22,23)/t13-,14+/m1/s1. The summed E-state index contributed by atoms with van der Waals surface area (Å²) < 4.78 is 0. The van der Waals surface area contributed by atoms with E-state index in [1.54, 1.807) is 23.9 Å². The van der Waals surface area contributed by atoms with Gasteiger partial charge in [0.25, 0.3) is 0 Å². The van der Waals surface area contributed by atoms with Crippen molar-refractivity contribution >= 4 is 17.9 Å². The van der Waals surface area contributed by atoms with Gasteiger partial charge < -0.3 is 20.2 Å². The third kappa shape index (κ3) is 4.61. The highest BCUT2D eigenvalue weighted by Gasteiger charge is 2.34. The number of urea groups is 1. The molecule has 1 saturated carbocycles. The zero-order valence-electron chi connectivity index (χ0n) is 14.7. The lowest BCUT2D eigenvalue weighted by atomic mass is 9.92. The summed E-state index contributed by atoms with van der Waals surface area (Å²) in [6.07, 6.45) is 5.54. The number of carbonyl (C=O) groups is 3. The van der Waals surface area contributed by atoms with Crippen molar-refractivity contribution in [1.29, 1.82) is 0 Å². The Balaban J connectivity index is 1.88. The van der Waals surface area contributed by atoms with Gasteiger partial charge in [0.15, 0.2) is 0 Å². The van der Waals surface area contributed by atoms with Crippen LogP contribution in [0.1, 0.15) is 44.9 Å². The first-order valence-electron chi connectivity index (χ1n) is 8.89. The van der Waals surface area contributed by atoms with Crippen molar-refractivity contribution in [2.24, 2.45) is 11.8 Å². The van der Waals surface area contributed by atoms with Crippen LogP contribution in [0, 0.1) is 11.8 Å². The zero-order valence-corrected chi connectivity index (χ0v) is 14.7. The molecule has 0 radical (unpaired) electrons. The lowest BCUT2D eigenvalue weighted by molar-refractivity contribution is -0.143. The van der Waals surface area contributed by atoms with E-state index in [1.807, 2.05) is 0 Å². The summed E-state index contributed by atoms with van der Waals surface area (Å²) in [5.41, 5.74) is 0. The van der Waals surface area contributed by atoms with Gasteiger partial charge in [0.05, 0.1) is 5.92 Å². The number of carbonyl (C=O) groups excluding carboxylic acids is 2. The van der Waals surface area contributed by atoms with Gasteiger partial charge >= 0.3 is 12.0 Å².